The van der Waals surface area contributed by atoms with Gasteiger partial charge in [0.25, 0.3) is 0 Å². The van der Waals surface area contributed by atoms with Crippen LogP contribution in [0.1, 0.15) is 11.1 Å². The van der Waals surface area contributed by atoms with Gasteiger partial charge in [-0.2, -0.15) is 4.79 Å². The first kappa shape index (κ1) is 10.8. The fourth-order valence-corrected chi connectivity index (χ4v) is 2.14. The molecule has 0 aliphatic heterocycles. The number of phenols is 1. The Kier molecular flexibility index (Phi) is 2.30. The number of H-pyrrole nitrogens is 1. The Morgan fingerprint density at radius 2 is 1.94 bits per heavy atom. The molecule has 0 aliphatic carbocycles. The van der Waals surface area contributed by atoms with Crippen LogP contribution in [0.25, 0.3) is 11.0 Å². The van der Waals surface area contributed by atoms with Crippen molar-refractivity contribution in [3.05, 3.63) is 47.5 Å². The molecule has 3 rings (SSSR count). The molecular weight excluding hydrogens is 226 g/mol. The standard InChI is InChI=1S/C14H15N3O/c1-9-7-10(2)14(18)12(8-9)16-17-13-6-4-3-5-11(13)15-17/h3-8,15-16,18H,1-2H3. The molecule has 0 saturated heterocycles. The second-order valence-corrected chi connectivity index (χ2v) is 4.55. The molecule has 0 unspecified atom stereocenters. The molecule has 4 heteroatoms. The molecule has 3 N–H and O–H groups in total. The van der Waals surface area contributed by atoms with Crippen molar-refractivity contribution < 1.29 is 5.11 Å². The maximum Gasteiger partial charge on any atom is 0.143 e. The third-order valence-corrected chi connectivity index (χ3v) is 3.05. The van der Waals surface area contributed by atoms with Crippen LogP contribution in [-0.2, 0) is 0 Å². The number of fused-ring (bicyclic) bond motifs is 1. The number of aromatic amines is 1. The number of anilines is 1. The van der Waals surface area contributed by atoms with E-state index in [0.717, 1.165) is 22.2 Å². The van der Waals surface area contributed by atoms with E-state index in [2.05, 4.69) is 10.5 Å². The zero-order valence-corrected chi connectivity index (χ0v) is 10.4. The fourth-order valence-electron chi connectivity index (χ4n) is 2.14. The lowest BCUT2D eigenvalue weighted by Crippen LogP contribution is -2.18. The Morgan fingerprint density at radius 3 is 2.72 bits per heavy atom. The molecule has 1 aromatic heterocycles. The molecule has 92 valence electrons. The van der Waals surface area contributed by atoms with Gasteiger partial charge in [0.1, 0.15) is 11.3 Å². The lowest BCUT2D eigenvalue weighted by atomic mass is 10.1. The van der Waals surface area contributed by atoms with E-state index in [9.17, 15) is 5.11 Å². The van der Waals surface area contributed by atoms with Gasteiger partial charge in [0.15, 0.2) is 0 Å². The van der Waals surface area contributed by atoms with Crippen LogP contribution in [0.15, 0.2) is 36.4 Å². The first-order valence-corrected chi connectivity index (χ1v) is 5.88. The summed E-state index contributed by atoms with van der Waals surface area (Å²) in [7, 11) is 0. The van der Waals surface area contributed by atoms with Crippen LogP contribution in [0.3, 0.4) is 0 Å². The number of phenolic OH excluding ortho intramolecular Hbond substituents is 1. The molecule has 0 aliphatic rings. The maximum absolute atomic E-state index is 10.0. The minimum Gasteiger partial charge on any atom is -0.505 e. The summed E-state index contributed by atoms with van der Waals surface area (Å²) >= 11 is 0. The van der Waals surface area contributed by atoms with Crippen molar-refractivity contribution in [3.63, 3.8) is 0 Å². The number of para-hydroxylation sites is 2. The zero-order chi connectivity index (χ0) is 12.7. The second kappa shape index (κ2) is 3.84. The number of rotatable bonds is 2. The van der Waals surface area contributed by atoms with Crippen molar-refractivity contribution >= 4 is 16.7 Å². The summed E-state index contributed by atoms with van der Waals surface area (Å²) in [6.45, 7) is 3.90. The molecule has 3 aromatic rings. The van der Waals surface area contributed by atoms with Crippen molar-refractivity contribution in [2.24, 2.45) is 0 Å². The van der Waals surface area contributed by atoms with E-state index in [1.807, 2.05) is 50.2 Å². The number of aromatic hydroxyl groups is 1. The first-order chi connectivity index (χ1) is 8.65. The maximum atomic E-state index is 10.0. The predicted molar refractivity (Wildman–Crippen MR) is 72.9 cm³/mol. The van der Waals surface area contributed by atoms with Gasteiger partial charge in [-0.1, -0.05) is 18.2 Å². The van der Waals surface area contributed by atoms with Crippen molar-refractivity contribution in [2.75, 3.05) is 5.43 Å². The molecule has 0 fully saturated rings. The van der Waals surface area contributed by atoms with Gasteiger partial charge in [-0.15, -0.1) is 0 Å². The van der Waals surface area contributed by atoms with Crippen LogP contribution in [-0.4, -0.2) is 15.0 Å². The number of aromatic nitrogens is 2. The molecule has 1 heterocycles. The smallest absolute Gasteiger partial charge is 0.143 e. The Labute approximate surface area is 105 Å². The highest BCUT2D eigenvalue weighted by Gasteiger charge is 2.09. The van der Waals surface area contributed by atoms with Gasteiger partial charge in [-0.05, 0) is 43.2 Å². The Bertz CT molecular complexity index is 709. The number of nitrogens with zero attached hydrogens (tertiary/aromatic N) is 1. The Morgan fingerprint density at radius 1 is 1.17 bits per heavy atom. The summed E-state index contributed by atoms with van der Waals surface area (Å²) in [6.07, 6.45) is 0. The molecule has 0 radical (unpaired) electrons. The van der Waals surface area contributed by atoms with E-state index >= 15 is 0 Å². The largest absolute Gasteiger partial charge is 0.505 e. The first-order valence-electron chi connectivity index (χ1n) is 5.88. The quantitative estimate of drug-likeness (QED) is 0.604. The number of hydrogen-bond acceptors (Lipinski definition) is 2. The van der Waals surface area contributed by atoms with E-state index in [-0.39, 0.29) is 5.75 Å². The highest BCUT2D eigenvalue weighted by molar-refractivity contribution is 5.78. The minimum atomic E-state index is 0.284. The lowest BCUT2D eigenvalue weighted by molar-refractivity contribution is 0.472. The molecule has 4 nitrogen and oxygen atoms in total. The normalized spacial score (nSPS) is 11.0. The Hall–Kier alpha value is -2.36. The average molecular weight is 241 g/mol. The van der Waals surface area contributed by atoms with Crippen LogP contribution < -0.4 is 5.43 Å². The van der Waals surface area contributed by atoms with Gasteiger partial charge < -0.3 is 5.11 Å². The molecule has 2 aromatic carbocycles. The summed E-state index contributed by atoms with van der Waals surface area (Å²) in [5, 5.41) is 13.2. The van der Waals surface area contributed by atoms with Gasteiger partial charge in [-0.3, -0.25) is 10.5 Å². The van der Waals surface area contributed by atoms with Gasteiger partial charge in [-0.25, -0.2) is 0 Å². The minimum absolute atomic E-state index is 0.284. The fraction of sp³-hybridized carbons (Fsp3) is 0.143. The van der Waals surface area contributed by atoms with Crippen molar-refractivity contribution in [3.8, 4) is 5.75 Å². The summed E-state index contributed by atoms with van der Waals surface area (Å²) in [5.74, 6) is 0.284. The predicted octanol–water partition coefficient (Wildman–Crippen LogP) is 3.17. The van der Waals surface area contributed by atoms with E-state index in [0.29, 0.717) is 5.69 Å². The second-order valence-electron chi connectivity index (χ2n) is 4.55. The Balaban J connectivity index is 1.99. The third kappa shape index (κ3) is 1.62. The molecule has 0 spiro atoms. The summed E-state index contributed by atoms with van der Waals surface area (Å²) < 4.78 is 0. The van der Waals surface area contributed by atoms with Crippen molar-refractivity contribution in [1.82, 2.24) is 9.89 Å². The summed E-state index contributed by atoms with van der Waals surface area (Å²) in [4.78, 5) is 1.79. The van der Waals surface area contributed by atoms with Gasteiger partial charge in [0.05, 0.1) is 11.2 Å². The van der Waals surface area contributed by atoms with Gasteiger partial charge in [0, 0.05) is 0 Å². The molecule has 0 atom stereocenters. The van der Waals surface area contributed by atoms with Gasteiger partial charge >= 0.3 is 0 Å². The van der Waals surface area contributed by atoms with E-state index in [1.165, 1.54) is 0 Å². The summed E-state index contributed by atoms with van der Waals surface area (Å²) in [5.41, 5.74) is 7.98. The van der Waals surface area contributed by atoms with E-state index in [1.54, 1.807) is 4.79 Å². The molecule has 0 saturated carbocycles. The van der Waals surface area contributed by atoms with Crippen LogP contribution in [0.5, 0.6) is 5.75 Å². The highest BCUT2D eigenvalue weighted by atomic mass is 16.3. The number of nitrogens with one attached hydrogen (secondary N) is 2. The van der Waals surface area contributed by atoms with Gasteiger partial charge in [0.2, 0.25) is 0 Å². The van der Waals surface area contributed by atoms with Crippen LogP contribution in [0.4, 0.5) is 5.69 Å². The van der Waals surface area contributed by atoms with E-state index < -0.39 is 0 Å². The summed E-state index contributed by atoms with van der Waals surface area (Å²) in [6, 6.07) is 11.9. The van der Waals surface area contributed by atoms with Crippen LogP contribution in [0, 0.1) is 13.8 Å². The van der Waals surface area contributed by atoms with Crippen LogP contribution >= 0.6 is 0 Å². The molecule has 0 bridgehead atoms. The van der Waals surface area contributed by atoms with Crippen molar-refractivity contribution in [1.29, 1.82) is 0 Å². The molecule has 18 heavy (non-hydrogen) atoms. The molecular formula is C14H15N3O. The average Bonchev–Trinajstić information content (AvgIpc) is 2.32. The number of aryl methyl sites for hydroxylation is 2. The highest BCUT2D eigenvalue weighted by Crippen LogP contribution is 2.29. The SMILES string of the molecule is Cc1cc(C)c(O)c(Nn2[nH]c3ccccc32)c1. The molecule has 0 amide bonds. The number of benzene rings is 2. The monoisotopic (exact) mass is 241 g/mol. The zero-order valence-electron chi connectivity index (χ0n) is 10.4. The van der Waals surface area contributed by atoms with E-state index in [4.69, 9.17) is 0 Å². The van der Waals surface area contributed by atoms with Crippen LogP contribution in [0.2, 0.25) is 0 Å². The third-order valence-electron chi connectivity index (χ3n) is 3.05. The van der Waals surface area contributed by atoms with Crippen molar-refractivity contribution in [2.45, 2.75) is 13.8 Å². The lowest BCUT2D eigenvalue weighted by Gasteiger charge is -2.19. The topological polar surface area (TPSA) is 53.0 Å². The number of hydrogen-bond donors (Lipinski definition) is 3.